The second kappa shape index (κ2) is 8.87. The van der Waals surface area contributed by atoms with Gasteiger partial charge < -0.3 is 15.2 Å². The monoisotopic (exact) mass is 455 g/mol. The molecule has 0 saturated heterocycles. The Hall–Kier alpha value is -4.37. The zero-order valence-corrected chi connectivity index (χ0v) is 18.3. The molecule has 0 bridgehead atoms. The first-order valence-corrected chi connectivity index (χ1v) is 10.7. The van der Waals surface area contributed by atoms with E-state index in [9.17, 15) is 14.7 Å². The summed E-state index contributed by atoms with van der Waals surface area (Å²) < 4.78 is 7.12. The van der Waals surface area contributed by atoms with Crippen LogP contribution in [-0.4, -0.2) is 39.2 Å². The maximum Gasteiger partial charge on any atom is 0.276 e. The molecule has 0 radical (unpaired) electrons. The lowest BCUT2D eigenvalue weighted by molar-refractivity contribution is -0.119. The molecule has 9 heteroatoms. The van der Waals surface area contributed by atoms with Crippen molar-refractivity contribution in [3.63, 3.8) is 0 Å². The predicted molar refractivity (Wildman–Crippen MR) is 125 cm³/mol. The zero-order valence-electron chi connectivity index (χ0n) is 18.3. The van der Waals surface area contributed by atoms with Crippen LogP contribution in [0.2, 0.25) is 0 Å². The number of rotatable bonds is 6. The maximum absolute atomic E-state index is 12.9. The number of amides is 2. The van der Waals surface area contributed by atoms with Gasteiger partial charge in [0, 0.05) is 23.5 Å². The van der Waals surface area contributed by atoms with Crippen LogP contribution >= 0.6 is 0 Å². The van der Waals surface area contributed by atoms with Gasteiger partial charge in [-0.15, -0.1) is 10.2 Å². The summed E-state index contributed by atoms with van der Waals surface area (Å²) in [6.07, 6.45) is 9.95. The Kier molecular flexibility index (Phi) is 5.60. The second-order valence-electron chi connectivity index (χ2n) is 8.01. The fourth-order valence-corrected chi connectivity index (χ4v) is 3.78. The van der Waals surface area contributed by atoms with Gasteiger partial charge in [-0.05, 0) is 30.7 Å². The molecule has 2 amide bonds. The number of hydrogen-bond acceptors (Lipinski definition) is 6. The van der Waals surface area contributed by atoms with E-state index in [1.165, 1.54) is 6.20 Å². The van der Waals surface area contributed by atoms with Gasteiger partial charge in [0.05, 0.1) is 35.0 Å². The van der Waals surface area contributed by atoms with E-state index in [0.29, 0.717) is 28.2 Å². The number of anilines is 1. The highest BCUT2D eigenvalue weighted by Crippen LogP contribution is 2.34. The number of allylic oxidation sites excluding steroid dienone is 3. The van der Waals surface area contributed by atoms with E-state index in [4.69, 9.17) is 4.74 Å². The van der Waals surface area contributed by atoms with E-state index in [-0.39, 0.29) is 18.4 Å². The number of carbonyl (C=O) groups is 2. The normalized spacial score (nSPS) is 17.7. The Bertz CT molecular complexity index is 1400. The molecule has 1 aromatic carbocycles. The number of aliphatic hydroxyl groups excluding tert-OH is 1. The quantitative estimate of drug-likeness (QED) is 0.586. The van der Waals surface area contributed by atoms with E-state index in [2.05, 4.69) is 20.6 Å². The highest BCUT2D eigenvalue weighted by atomic mass is 16.5. The molecule has 1 aliphatic carbocycles. The molecule has 2 aromatic heterocycles. The number of carbonyl (C=O) groups excluding carboxylic acids is 2. The molecular formula is C25H21N5O4. The molecule has 3 heterocycles. The van der Waals surface area contributed by atoms with E-state index < -0.39 is 12.0 Å². The van der Waals surface area contributed by atoms with Gasteiger partial charge in [0.2, 0.25) is 0 Å². The van der Waals surface area contributed by atoms with Crippen LogP contribution in [0.5, 0.6) is 5.75 Å². The fraction of sp³-hybridized carbons (Fsp3) is 0.160. The van der Waals surface area contributed by atoms with Crippen LogP contribution in [0.3, 0.4) is 0 Å². The first kappa shape index (κ1) is 21.5. The summed E-state index contributed by atoms with van der Waals surface area (Å²) >= 11 is 0. The van der Waals surface area contributed by atoms with Crippen molar-refractivity contribution in [2.24, 2.45) is 16.1 Å². The van der Waals surface area contributed by atoms with Gasteiger partial charge in [-0.3, -0.25) is 9.59 Å². The van der Waals surface area contributed by atoms with Gasteiger partial charge in [-0.1, -0.05) is 36.4 Å². The fourth-order valence-electron chi connectivity index (χ4n) is 3.78. The van der Waals surface area contributed by atoms with Gasteiger partial charge in [-0.25, -0.2) is 4.52 Å². The minimum atomic E-state index is -0.601. The third kappa shape index (κ3) is 4.16. The van der Waals surface area contributed by atoms with Crippen LogP contribution in [-0.2, 0) is 4.79 Å². The molecule has 0 spiro atoms. The van der Waals surface area contributed by atoms with Crippen molar-refractivity contribution >= 4 is 28.7 Å². The first-order valence-electron chi connectivity index (χ1n) is 10.7. The summed E-state index contributed by atoms with van der Waals surface area (Å²) in [4.78, 5) is 25.0. The molecule has 2 atom stereocenters. The molecule has 2 N–H and O–H groups in total. The van der Waals surface area contributed by atoms with Crippen LogP contribution < -0.4 is 10.1 Å². The van der Waals surface area contributed by atoms with Crippen molar-refractivity contribution in [3.8, 4) is 5.75 Å². The van der Waals surface area contributed by atoms with Crippen molar-refractivity contribution in [1.29, 1.82) is 0 Å². The number of azo groups is 1. The first-order chi connectivity index (χ1) is 16.5. The van der Waals surface area contributed by atoms with Crippen LogP contribution in [0.1, 0.15) is 22.8 Å². The molecule has 1 aliphatic heterocycles. The average Bonchev–Trinajstić information content (AvgIpc) is 3.27. The Morgan fingerprint density at radius 1 is 1.21 bits per heavy atom. The number of pyridine rings is 1. The number of fused-ring (bicyclic) bond motifs is 2. The summed E-state index contributed by atoms with van der Waals surface area (Å²) in [6, 6.07) is 10.6. The molecule has 9 nitrogen and oxygen atoms in total. The lowest BCUT2D eigenvalue weighted by Crippen LogP contribution is -2.17. The van der Waals surface area contributed by atoms with E-state index >= 15 is 0 Å². The largest absolute Gasteiger partial charge is 0.491 e. The summed E-state index contributed by atoms with van der Waals surface area (Å²) in [5.41, 5.74) is 3.80. The van der Waals surface area contributed by atoms with Crippen molar-refractivity contribution < 1.29 is 19.4 Å². The minimum Gasteiger partial charge on any atom is -0.491 e. The Balaban J connectivity index is 1.35. The standard InChI is InChI=1S/C25H21N5O4/c1-15(31)14-34-18-10-11-30-22(12-18)21(13-26-30)24(32)27-17-8-6-16(7-9-17)23-19-4-2-3-5-20(19)25(33)29-28-23/h2-13,15,20,31H,14H2,1H3,(H,27,32). The number of nitrogens with one attached hydrogen (secondary N) is 1. The van der Waals surface area contributed by atoms with E-state index in [1.807, 2.05) is 36.4 Å². The molecule has 3 aromatic rings. The minimum absolute atomic E-state index is 0.150. The summed E-state index contributed by atoms with van der Waals surface area (Å²) in [6.45, 7) is 1.79. The molecule has 170 valence electrons. The van der Waals surface area contributed by atoms with Crippen molar-refractivity contribution in [1.82, 2.24) is 9.61 Å². The number of nitrogens with zero attached hydrogens (tertiary/aromatic N) is 4. The Labute approximate surface area is 194 Å². The third-order valence-corrected chi connectivity index (χ3v) is 5.46. The van der Waals surface area contributed by atoms with Gasteiger partial charge in [0.15, 0.2) is 0 Å². The summed E-state index contributed by atoms with van der Waals surface area (Å²) in [5.74, 6) is -0.481. The Morgan fingerprint density at radius 3 is 2.82 bits per heavy atom. The van der Waals surface area contributed by atoms with Crippen LogP contribution in [0.25, 0.3) is 11.2 Å². The molecule has 0 saturated carbocycles. The average molecular weight is 455 g/mol. The zero-order chi connectivity index (χ0) is 23.7. The van der Waals surface area contributed by atoms with E-state index in [1.54, 1.807) is 41.9 Å². The number of aliphatic hydroxyl groups is 1. The maximum atomic E-state index is 12.9. The molecule has 5 rings (SSSR count). The SMILES string of the molecule is CC(O)COc1ccn2ncc(C(=O)Nc3ccc(C4=C5C=CC=CC5C(=O)N=N4)cc3)c2c1. The van der Waals surface area contributed by atoms with Crippen LogP contribution in [0.4, 0.5) is 5.69 Å². The van der Waals surface area contributed by atoms with Gasteiger partial charge in [0.25, 0.3) is 11.8 Å². The molecule has 34 heavy (non-hydrogen) atoms. The smallest absolute Gasteiger partial charge is 0.276 e. The van der Waals surface area contributed by atoms with Crippen molar-refractivity contribution in [2.45, 2.75) is 13.0 Å². The lowest BCUT2D eigenvalue weighted by atomic mass is 9.89. The topological polar surface area (TPSA) is 118 Å². The summed E-state index contributed by atoms with van der Waals surface area (Å²) in [7, 11) is 0. The van der Waals surface area contributed by atoms with Gasteiger partial charge >= 0.3 is 0 Å². The number of benzene rings is 1. The van der Waals surface area contributed by atoms with Gasteiger partial charge in [-0.2, -0.15) is 5.10 Å². The number of ether oxygens (including phenoxy) is 1. The van der Waals surface area contributed by atoms with Gasteiger partial charge in [0.1, 0.15) is 12.4 Å². The van der Waals surface area contributed by atoms with Crippen molar-refractivity contribution in [3.05, 3.63) is 89.8 Å². The van der Waals surface area contributed by atoms with Crippen molar-refractivity contribution in [2.75, 3.05) is 11.9 Å². The lowest BCUT2D eigenvalue weighted by Gasteiger charge is -2.19. The highest BCUT2D eigenvalue weighted by Gasteiger charge is 2.27. The number of aromatic nitrogens is 2. The van der Waals surface area contributed by atoms with Crippen LogP contribution in [0, 0.1) is 5.92 Å². The predicted octanol–water partition coefficient (Wildman–Crippen LogP) is 3.79. The van der Waals surface area contributed by atoms with Crippen LogP contribution in [0.15, 0.2) is 88.9 Å². The van der Waals surface area contributed by atoms with E-state index in [0.717, 1.165) is 11.1 Å². The molecule has 2 unspecified atom stereocenters. The molecular weight excluding hydrogens is 434 g/mol. The Morgan fingerprint density at radius 2 is 2.03 bits per heavy atom. The molecule has 0 fully saturated rings. The highest BCUT2D eigenvalue weighted by molar-refractivity contribution is 6.09. The molecule has 2 aliphatic rings. The summed E-state index contributed by atoms with van der Waals surface area (Å²) in [5, 5.41) is 24.4. The third-order valence-electron chi connectivity index (χ3n) is 5.46. The number of hydrogen-bond donors (Lipinski definition) is 2. The second-order valence-corrected chi connectivity index (χ2v) is 8.01.